The Morgan fingerprint density at radius 3 is 2.67 bits per heavy atom. The SMILES string of the molecule is Cc1cn2[n+](c1)C13c4c(cc(-c5ccccn5)cc4-2)Oc2ccc4c5ccccc5n(c4c21)-c1cccc[n+]13. The average Bonchev–Trinajstić information content (AvgIpc) is 3.61. The van der Waals surface area contributed by atoms with Crippen LogP contribution >= 0.6 is 0 Å². The number of benzene rings is 3. The van der Waals surface area contributed by atoms with Gasteiger partial charge in [0, 0.05) is 34.2 Å². The molecular weight excluding hydrogens is 482 g/mol. The fourth-order valence-electron chi connectivity index (χ4n) is 7.28. The summed E-state index contributed by atoms with van der Waals surface area (Å²) in [6.45, 7) is 2.16. The third-order valence-electron chi connectivity index (χ3n) is 8.64. The average molecular weight is 504 g/mol. The van der Waals surface area contributed by atoms with Crippen LogP contribution in [0.15, 0.2) is 110 Å². The summed E-state index contributed by atoms with van der Waals surface area (Å²) >= 11 is 0. The Bertz CT molecular complexity index is 2230. The minimum atomic E-state index is -0.643. The number of aromatic nitrogens is 5. The Balaban J connectivity index is 1.46. The molecule has 0 radical (unpaired) electrons. The second-order valence-electron chi connectivity index (χ2n) is 10.7. The lowest BCUT2D eigenvalue weighted by molar-refractivity contribution is -0.993. The molecule has 10 rings (SSSR count). The van der Waals surface area contributed by atoms with Crippen molar-refractivity contribution in [2.75, 3.05) is 0 Å². The predicted molar refractivity (Wildman–Crippen MR) is 147 cm³/mol. The van der Waals surface area contributed by atoms with E-state index >= 15 is 0 Å². The zero-order valence-electron chi connectivity index (χ0n) is 21.0. The molecule has 0 aliphatic carbocycles. The van der Waals surface area contributed by atoms with Crippen molar-refractivity contribution in [3.05, 3.63) is 126 Å². The molecular formula is C33H21N5O+2. The molecule has 3 aromatic carbocycles. The third-order valence-corrected chi connectivity index (χ3v) is 8.64. The molecule has 0 N–H and O–H groups in total. The van der Waals surface area contributed by atoms with Crippen LogP contribution in [0.5, 0.6) is 11.5 Å². The fourth-order valence-corrected chi connectivity index (χ4v) is 7.28. The smallest absolute Gasteiger partial charge is 0.397 e. The van der Waals surface area contributed by atoms with Gasteiger partial charge in [0.05, 0.1) is 18.1 Å². The van der Waals surface area contributed by atoms with Gasteiger partial charge < -0.3 is 4.74 Å². The molecule has 0 amide bonds. The zero-order chi connectivity index (χ0) is 25.5. The molecule has 6 nitrogen and oxygen atoms in total. The lowest BCUT2D eigenvalue weighted by Crippen LogP contribution is -2.76. The van der Waals surface area contributed by atoms with Gasteiger partial charge in [-0.05, 0) is 61.5 Å². The van der Waals surface area contributed by atoms with Gasteiger partial charge in [-0.2, -0.15) is 9.13 Å². The lowest BCUT2D eigenvalue weighted by atomic mass is 9.83. The monoisotopic (exact) mass is 503 g/mol. The zero-order valence-corrected chi connectivity index (χ0v) is 21.0. The van der Waals surface area contributed by atoms with Crippen molar-refractivity contribution in [3.63, 3.8) is 0 Å². The summed E-state index contributed by atoms with van der Waals surface area (Å²) in [6, 6.07) is 30.0. The Hall–Kier alpha value is -5.23. The summed E-state index contributed by atoms with van der Waals surface area (Å²) in [5.74, 6) is 2.87. The molecule has 1 atom stereocenters. The molecule has 3 aliphatic heterocycles. The van der Waals surface area contributed by atoms with Crippen molar-refractivity contribution < 1.29 is 14.0 Å². The number of fused-ring (bicyclic) bond motifs is 7. The standard InChI is InChI=1S/C33H21N5O/c1-20-18-36-26-16-21(24-9-4-6-14-34-24)17-28-30(26)33(37(36)19-20)31-27(39-28)13-12-23-22-8-2-3-10-25(22)38(32(23)31)29-11-5-7-15-35(29)33/h2-19H,1H3/q+2. The van der Waals surface area contributed by atoms with E-state index in [1.807, 2.05) is 18.3 Å². The van der Waals surface area contributed by atoms with Gasteiger partial charge in [-0.1, -0.05) is 28.9 Å². The molecule has 6 heteroatoms. The van der Waals surface area contributed by atoms with Crippen LogP contribution in [0, 0.1) is 6.92 Å². The number of hydrogen-bond donors (Lipinski definition) is 0. The lowest BCUT2D eigenvalue weighted by Gasteiger charge is -2.32. The molecule has 7 aromatic rings. The maximum absolute atomic E-state index is 6.85. The van der Waals surface area contributed by atoms with Crippen molar-refractivity contribution in [2.45, 2.75) is 12.6 Å². The van der Waals surface area contributed by atoms with Crippen LogP contribution in [0.1, 0.15) is 16.7 Å². The van der Waals surface area contributed by atoms with E-state index in [0.29, 0.717) is 0 Å². The van der Waals surface area contributed by atoms with E-state index in [2.05, 4.69) is 122 Å². The second kappa shape index (κ2) is 6.42. The maximum Gasteiger partial charge on any atom is 0.397 e. The van der Waals surface area contributed by atoms with Gasteiger partial charge in [-0.3, -0.25) is 4.98 Å². The van der Waals surface area contributed by atoms with Crippen molar-refractivity contribution in [3.8, 4) is 34.3 Å². The van der Waals surface area contributed by atoms with Crippen molar-refractivity contribution >= 4 is 21.8 Å². The first-order valence-electron chi connectivity index (χ1n) is 13.2. The van der Waals surface area contributed by atoms with Crippen LogP contribution in [0.3, 0.4) is 0 Å². The largest absolute Gasteiger partial charge is 0.456 e. The van der Waals surface area contributed by atoms with Gasteiger partial charge >= 0.3 is 5.66 Å². The molecule has 1 spiro atoms. The number of nitrogens with zero attached hydrogens (tertiary/aromatic N) is 5. The normalized spacial score (nSPS) is 17.2. The fraction of sp³-hybridized carbons (Fsp3) is 0.0606. The van der Waals surface area contributed by atoms with Gasteiger partial charge in [0.2, 0.25) is 6.20 Å². The van der Waals surface area contributed by atoms with Crippen LogP contribution in [0.2, 0.25) is 0 Å². The Morgan fingerprint density at radius 1 is 0.846 bits per heavy atom. The van der Waals surface area contributed by atoms with Gasteiger partial charge in [-0.15, -0.1) is 4.68 Å². The Labute approximate surface area is 223 Å². The van der Waals surface area contributed by atoms with Crippen molar-refractivity contribution in [2.24, 2.45) is 0 Å². The van der Waals surface area contributed by atoms with E-state index < -0.39 is 5.66 Å². The summed E-state index contributed by atoms with van der Waals surface area (Å²) in [5.41, 5.74) is 8.33. The quantitative estimate of drug-likeness (QED) is 0.276. The van der Waals surface area contributed by atoms with Crippen LogP contribution in [0.4, 0.5) is 0 Å². The van der Waals surface area contributed by atoms with Crippen molar-refractivity contribution in [1.82, 2.24) is 14.2 Å². The minimum Gasteiger partial charge on any atom is -0.456 e. The number of hydrogen-bond acceptors (Lipinski definition) is 2. The minimum absolute atomic E-state index is 0.643. The molecule has 39 heavy (non-hydrogen) atoms. The number of rotatable bonds is 1. The van der Waals surface area contributed by atoms with Crippen LogP contribution < -0.4 is 14.0 Å². The van der Waals surface area contributed by atoms with Crippen LogP contribution in [-0.4, -0.2) is 14.2 Å². The summed E-state index contributed by atoms with van der Waals surface area (Å²) in [5, 5.41) is 2.48. The van der Waals surface area contributed by atoms with Gasteiger partial charge in [0.25, 0.3) is 5.82 Å². The Morgan fingerprint density at radius 2 is 1.74 bits per heavy atom. The molecule has 0 bridgehead atoms. The first kappa shape index (κ1) is 19.8. The number of para-hydroxylation sites is 1. The molecule has 0 saturated carbocycles. The van der Waals surface area contributed by atoms with Gasteiger partial charge in [-0.25, -0.2) is 0 Å². The second-order valence-corrected chi connectivity index (χ2v) is 10.7. The van der Waals surface area contributed by atoms with Crippen LogP contribution in [-0.2, 0) is 5.66 Å². The molecule has 4 aromatic heterocycles. The highest BCUT2D eigenvalue weighted by Crippen LogP contribution is 2.55. The van der Waals surface area contributed by atoms with E-state index in [0.717, 1.165) is 39.8 Å². The first-order valence-corrected chi connectivity index (χ1v) is 13.2. The number of ether oxygens (including phenoxy) is 1. The summed E-state index contributed by atoms with van der Waals surface area (Å²) < 4.78 is 16.4. The molecule has 1 unspecified atom stereocenters. The molecule has 0 fully saturated rings. The molecule has 0 saturated heterocycles. The first-order chi connectivity index (χ1) is 19.2. The molecule has 182 valence electrons. The van der Waals surface area contributed by atoms with E-state index in [4.69, 9.17) is 4.74 Å². The Kier molecular flexibility index (Phi) is 3.26. The number of aryl methyl sites for hydroxylation is 1. The van der Waals surface area contributed by atoms with E-state index in [-0.39, 0.29) is 0 Å². The predicted octanol–water partition coefficient (Wildman–Crippen LogP) is 5.55. The summed E-state index contributed by atoms with van der Waals surface area (Å²) in [7, 11) is 0. The number of pyridine rings is 2. The van der Waals surface area contributed by atoms with Gasteiger partial charge in [0.15, 0.2) is 11.1 Å². The van der Waals surface area contributed by atoms with E-state index in [1.165, 1.54) is 32.9 Å². The third kappa shape index (κ3) is 2.09. The summed E-state index contributed by atoms with van der Waals surface area (Å²) in [6.07, 6.45) is 8.54. The highest BCUT2D eigenvalue weighted by Gasteiger charge is 2.68. The topological polar surface area (TPSA) is 39.7 Å². The van der Waals surface area contributed by atoms with Crippen LogP contribution in [0.25, 0.3) is 44.6 Å². The maximum atomic E-state index is 6.85. The van der Waals surface area contributed by atoms with Gasteiger partial charge in [0.1, 0.15) is 28.3 Å². The highest BCUT2D eigenvalue weighted by atomic mass is 16.5. The molecule has 3 aliphatic rings. The highest BCUT2D eigenvalue weighted by molar-refractivity contribution is 6.11. The summed E-state index contributed by atoms with van der Waals surface area (Å²) in [4.78, 5) is 4.66. The molecule has 7 heterocycles. The van der Waals surface area contributed by atoms with E-state index in [1.54, 1.807) is 0 Å². The van der Waals surface area contributed by atoms with Crippen molar-refractivity contribution in [1.29, 1.82) is 0 Å². The van der Waals surface area contributed by atoms with E-state index in [9.17, 15) is 0 Å².